The lowest BCUT2D eigenvalue weighted by atomic mass is 10.0. The van der Waals surface area contributed by atoms with Gasteiger partial charge in [-0.2, -0.15) is 0 Å². The Hall–Kier alpha value is -0.910. The summed E-state index contributed by atoms with van der Waals surface area (Å²) in [4.78, 5) is 0. The summed E-state index contributed by atoms with van der Waals surface area (Å²) < 4.78 is 24.5. The van der Waals surface area contributed by atoms with Crippen molar-refractivity contribution < 1.29 is 8.42 Å². The maximum atomic E-state index is 11.0. The molecule has 0 radical (unpaired) electrons. The van der Waals surface area contributed by atoms with Crippen LogP contribution in [0.2, 0.25) is 0 Å². The Morgan fingerprint density at radius 2 is 2.05 bits per heavy atom. The first kappa shape index (κ1) is 15.5. The summed E-state index contributed by atoms with van der Waals surface area (Å²) in [5, 5.41) is 3.57. The van der Waals surface area contributed by atoms with E-state index in [4.69, 9.17) is 0 Å². The molecule has 0 saturated heterocycles. The zero-order chi connectivity index (χ0) is 14.8. The van der Waals surface area contributed by atoms with Crippen LogP contribution in [0.25, 0.3) is 0 Å². The van der Waals surface area contributed by atoms with Crippen molar-refractivity contribution in [2.45, 2.75) is 32.7 Å². The summed E-state index contributed by atoms with van der Waals surface area (Å²) >= 11 is 0. The van der Waals surface area contributed by atoms with E-state index < -0.39 is 10.0 Å². The number of fused-ring (bicyclic) bond motifs is 1. The van der Waals surface area contributed by atoms with Gasteiger partial charge in [-0.25, -0.2) is 13.1 Å². The first-order valence-corrected chi connectivity index (χ1v) is 9.03. The molecule has 0 bridgehead atoms. The zero-order valence-electron chi connectivity index (χ0n) is 12.4. The van der Waals surface area contributed by atoms with Gasteiger partial charge in [0.05, 0.1) is 6.26 Å². The fraction of sp³-hybridized carbons (Fsp3) is 0.600. The molecule has 1 aliphatic carbocycles. The molecule has 1 aromatic carbocycles. The number of nitrogens with one attached hydrogen (secondary N) is 2. The maximum Gasteiger partial charge on any atom is 0.208 e. The highest BCUT2D eigenvalue weighted by atomic mass is 32.2. The molecule has 4 nitrogen and oxygen atoms in total. The van der Waals surface area contributed by atoms with Crippen LogP contribution in [0.15, 0.2) is 18.2 Å². The van der Waals surface area contributed by atoms with Crippen molar-refractivity contribution in [3.05, 3.63) is 34.9 Å². The molecule has 2 N–H and O–H groups in total. The van der Waals surface area contributed by atoms with Gasteiger partial charge in [0.15, 0.2) is 0 Å². The number of aryl methyl sites for hydroxylation is 1. The molecule has 2 atom stereocenters. The summed E-state index contributed by atoms with van der Waals surface area (Å²) in [6, 6.07) is 7.06. The zero-order valence-corrected chi connectivity index (χ0v) is 13.3. The van der Waals surface area contributed by atoms with Gasteiger partial charge in [-0.3, -0.25) is 0 Å². The van der Waals surface area contributed by atoms with Crippen molar-refractivity contribution in [1.82, 2.24) is 10.0 Å². The lowest BCUT2D eigenvalue weighted by Gasteiger charge is -2.19. The number of benzene rings is 1. The van der Waals surface area contributed by atoms with Gasteiger partial charge >= 0.3 is 0 Å². The number of hydrogen-bond acceptors (Lipinski definition) is 3. The highest BCUT2D eigenvalue weighted by Gasteiger charge is 2.28. The molecular weight excluding hydrogens is 272 g/mol. The van der Waals surface area contributed by atoms with Crippen molar-refractivity contribution in [2.75, 3.05) is 19.3 Å². The number of sulfonamides is 1. The van der Waals surface area contributed by atoms with E-state index in [1.165, 1.54) is 22.9 Å². The lowest BCUT2D eigenvalue weighted by Crippen LogP contribution is -2.29. The van der Waals surface area contributed by atoms with Gasteiger partial charge in [0.2, 0.25) is 10.0 Å². The van der Waals surface area contributed by atoms with E-state index in [1.54, 1.807) is 0 Å². The highest BCUT2D eigenvalue weighted by Crippen LogP contribution is 2.36. The lowest BCUT2D eigenvalue weighted by molar-refractivity contribution is 0.414. The molecule has 2 rings (SSSR count). The van der Waals surface area contributed by atoms with E-state index in [-0.39, 0.29) is 0 Å². The van der Waals surface area contributed by atoms with Gasteiger partial charge in [0.1, 0.15) is 0 Å². The van der Waals surface area contributed by atoms with Crippen LogP contribution in [-0.2, 0) is 16.4 Å². The molecule has 1 aliphatic rings. The third kappa shape index (κ3) is 4.04. The number of rotatable bonds is 6. The molecule has 0 aliphatic heterocycles. The van der Waals surface area contributed by atoms with Crippen LogP contribution in [0.3, 0.4) is 0 Å². The van der Waals surface area contributed by atoms with Crippen molar-refractivity contribution in [3.8, 4) is 0 Å². The summed E-state index contributed by atoms with van der Waals surface area (Å²) in [7, 11) is -3.07. The van der Waals surface area contributed by atoms with Crippen molar-refractivity contribution in [2.24, 2.45) is 5.92 Å². The summed E-state index contributed by atoms with van der Waals surface area (Å²) in [5.41, 5.74) is 4.15. The summed E-state index contributed by atoms with van der Waals surface area (Å²) in [6.07, 6.45) is 3.12. The molecule has 0 unspecified atom stereocenters. The second kappa shape index (κ2) is 6.24. The topological polar surface area (TPSA) is 58.2 Å². The average molecular weight is 296 g/mol. The molecule has 112 valence electrons. The third-order valence-corrected chi connectivity index (χ3v) is 4.56. The second-order valence-corrected chi connectivity index (χ2v) is 7.67. The molecule has 0 fully saturated rings. The Morgan fingerprint density at radius 1 is 1.30 bits per heavy atom. The minimum Gasteiger partial charge on any atom is -0.310 e. The van der Waals surface area contributed by atoms with Gasteiger partial charge in [-0.1, -0.05) is 30.7 Å². The van der Waals surface area contributed by atoms with Crippen LogP contribution in [0.1, 0.15) is 36.1 Å². The predicted octanol–water partition coefficient (Wildman–Crippen LogP) is 1.76. The molecule has 0 spiro atoms. The average Bonchev–Trinajstić information content (AvgIpc) is 2.64. The fourth-order valence-corrected chi connectivity index (χ4v) is 3.39. The maximum absolute atomic E-state index is 11.0. The van der Waals surface area contributed by atoms with Crippen molar-refractivity contribution in [3.63, 3.8) is 0 Å². The Balaban J connectivity index is 1.86. The summed E-state index contributed by atoms with van der Waals surface area (Å²) in [6.45, 7) is 5.70. The van der Waals surface area contributed by atoms with Crippen LogP contribution in [0.5, 0.6) is 0 Å². The van der Waals surface area contributed by atoms with E-state index in [0.29, 0.717) is 18.5 Å². The molecule has 0 amide bonds. The number of hydrogen-bond donors (Lipinski definition) is 2. The van der Waals surface area contributed by atoms with E-state index in [0.717, 1.165) is 19.4 Å². The molecule has 5 heteroatoms. The van der Waals surface area contributed by atoms with E-state index in [9.17, 15) is 8.42 Å². The smallest absolute Gasteiger partial charge is 0.208 e. The van der Waals surface area contributed by atoms with Crippen LogP contribution < -0.4 is 10.0 Å². The van der Waals surface area contributed by atoms with Crippen LogP contribution >= 0.6 is 0 Å². The van der Waals surface area contributed by atoms with E-state index in [2.05, 4.69) is 42.1 Å². The summed E-state index contributed by atoms with van der Waals surface area (Å²) in [5.74, 6) is 0.592. The largest absolute Gasteiger partial charge is 0.310 e. The Kier molecular flexibility index (Phi) is 4.83. The highest BCUT2D eigenvalue weighted by molar-refractivity contribution is 7.88. The molecule has 0 aromatic heterocycles. The normalized spacial score (nSPS) is 21.9. The van der Waals surface area contributed by atoms with Crippen LogP contribution in [0, 0.1) is 12.8 Å². The minimum absolute atomic E-state index is 0.392. The van der Waals surface area contributed by atoms with E-state index in [1.807, 2.05) is 0 Å². The molecule has 0 heterocycles. The van der Waals surface area contributed by atoms with Crippen LogP contribution in [0.4, 0.5) is 0 Å². The Morgan fingerprint density at radius 3 is 2.75 bits per heavy atom. The van der Waals surface area contributed by atoms with Gasteiger partial charge < -0.3 is 5.32 Å². The minimum atomic E-state index is -3.07. The van der Waals surface area contributed by atoms with Gasteiger partial charge in [0.25, 0.3) is 0 Å². The first-order valence-electron chi connectivity index (χ1n) is 7.14. The third-order valence-electron chi connectivity index (χ3n) is 3.83. The monoisotopic (exact) mass is 296 g/mol. The van der Waals surface area contributed by atoms with Gasteiger partial charge in [0, 0.05) is 12.6 Å². The molecule has 0 saturated carbocycles. The quantitative estimate of drug-likeness (QED) is 0.786. The first-order chi connectivity index (χ1) is 9.37. The predicted molar refractivity (Wildman–Crippen MR) is 82.3 cm³/mol. The SMILES string of the molecule is Cc1ccc2c(c1)[C@@H](NCCCNS(C)(=O)=O)[C@H](C)C2. The fourth-order valence-electron chi connectivity index (χ4n) is 2.88. The Labute approximate surface area is 122 Å². The van der Waals surface area contributed by atoms with Gasteiger partial charge in [-0.15, -0.1) is 0 Å². The molecule has 20 heavy (non-hydrogen) atoms. The standard InChI is InChI=1S/C15H24N2O2S/c1-11-5-6-13-10-12(2)15(14(13)9-11)16-7-4-8-17-20(3,18)19/h5-6,9,12,15-17H,4,7-8,10H2,1-3H3/t12-,15+/m1/s1. The van der Waals surface area contributed by atoms with E-state index >= 15 is 0 Å². The Bertz CT molecular complexity index is 569. The van der Waals surface area contributed by atoms with Crippen molar-refractivity contribution >= 4 is 10.0 Å². The molecule has 1 aromatic rings. The van der Waals surface area contributed by atoms with Crippen molar-refractivity contribution in [1.29, 1.82) is 0 Å². The van der Waals surface area contributed by atoms with Gasteiger partial charge in [-0.05, 0) is 43.4 Å². The second-order valence-electron chi connectivity index (χ2n) is 5.84. The van der Waals surface area contributed by atoms with Crippen LogP contribution in [-0.4, -0.2) is 27.8 Å². The molecular formula is C15H24N2O2S.